The van der Waals surface area contributed by atoms with E-state index in [1.807, 2.05) is 11.4 Å². The number of hydrogen-bond acceptors (Lipinski definition) is 3. The molecule has 1 aromatic heterocycles. The van der Waals surface area contributed by atoms with Gasteiger partial charge in [-0.15, -0.1) is 11.3 Å². The van der Waals surface area contributed by atoms with Gasteiger partial charge in [0.05, 0.1) is 21.4 Å². The number of anilines is 1. The van der Waals surface area contributed by atoms with Crippen molar-refractivity contribution in [2.75, 3.05) is 5.73 Å². The standard InChI is InChI=1S/C11H9Br2NOS2/c12-7-3-9(16-5-7)6-17(15)11-2-1-8(14)4-10(11)13/h1-5H,6,14H2. The van der Waals surface area contributed by atoms with Gasteiger partial charge < -0.3 is 5.73 Å². The summed E-state index contributed by atoms with van der Waals surface area (Å²) in [6, 6.07) is 7.34. The lowest BCUT2D eigenvalue weighted by Gasteiger charge is -2.04. The molecule has 0 radical (unpaired) electrons. The Morgan fingerprint density at radius 2 is 2.06 bits per heavy atom. The van der Waals surface area contributed by atoms with Crippen molar-refractivity contribution >= 4 is 59.7 Å². The molecule has 0 saturated heterocycles. The van der Waals surface area contributed by atoms with Crippen molar-refractivity contribution < 1.29 is 4.21 Å². The smallest absolute Gasteiger partial charge is 0.0627 e. The summed E-state index contributed by atoms with van der Waals surface area (Å²) >= 11 is 8.38. The fraction of sp³-hybridized carbons (Fsp3) is 0.0909. The van der Waals surface area contributed by atoms with Gasteiger partial charge in [0.25, 0.3) is 0 Å². The molecule has 6 heteroatoms. The summed E-state index contributed by atoms with van der Waals surface area (Å²) in [5.74, 6) is 0.527. The number of benzene rings is 1. The molecule has 2 aromatic rings. The average molecular weight is 395 g/mol. The van der Waals surface area contributed by atoms with Crippen LogP contribution in [0.4, 0.5) is 5.69 Å². The number of rotatable bonds is 3. The van der Waals surface area contributed by atoms with E-state index in [0.717, 1.165) is 18.7 Å². The third kappa shape index (κ3) is 3.40. The first kappa shape index (κ1) is 13.3. The fourth-order valence-electron chi connectivity index (χ4n) is 1.34. The van der Waals surface area contributed by atoms with E-state index in [2.05, 4.69) is 31.9 Å². The van der Waals surface area contributed by atoms with Crippen LogP contribution in [0.2, 0.25) is 0 Å². The van der Waals surface area contributed by atoms with Gasteiger partial charge in [0.2, 0.25) is 0 Å². The van der Waals surface area contributed by atoms with Crippen LogP contribution in [0.3, 0.4) is 0 Å². The van der Waals surface area contributed by atoms with E-state index in [9.17, 15) is 4.21 Å². The molecule has 2 nitrogen and oxygen atoms in total. The van der Waals surface area contributed by atoms with Crippen molar-refractivity contribution in [3.63, 3.8) is 0 Å². The van der Waals surface area contributed by atoms with Crippen LogP contribution in [0, 0.1) is 0 Å². The Balaban J connectivity index is 2.20. The molecule has 0 fully saturated rings. The van der Waals surface area contributed by atoms with Crippen molar-refractivity contribution in [3.8, 4) is 0 Å². The minimum absolute atomic E-state index is 0.527. The second-order valence-electron chi connectivity index (χ2n) is 3.41. The highest BCUT2D eigenvalue weighted by Crippen LogP contribution is 2.27. The highest BCUT2D eigenvalue weighted by Gasteiger charge is 2.10. The summed E-state index contributed by atoms with van der Waals surface area (Å²) in [6.45, 7) is 0. The van der Waals surface area contributed by atoms with Gasteiger partial charge in [-0.3, -0.25) is 4.21 Å². The molecule has 0 saturated carbocycles. The molecule has 0 amide bonds. The van der Waals surface area contributed by atoms with E-state index in [1.54, 1.807) is 29.5 Å². The summed E-state index contributed by atoms with van der Waals surface area (Å²) in [4.78, 5) is 1.88. The lowest BCUT2D eigenvalue weighted by Crippen LogP contribution is -1.97. The van der Waals surface area contributed by atoms with Crippen LogP contribution in [-0.2, 0) is 16.6 Å². The van der Waals surface area contributed by atoms with Crippen LogP contribution in [0.1, 0.15) is 4.88 Å². The van der Waals surface area contributed by atoms with E-state index in [0.29, 0.717) is 11.4 Å². The number of hydrogen-bond donors (Lipinski definition) is 1. The lowest BCUT2D eigenvalue weighted by molar-refractivity contribution is 0.682. The second-order valence-corrected chi connectivity index (χ2v) is 7.60. The minimum Gasteiger partial charge on any atom is -0.399 e. The third-order valence-electron chi connectivity index (χ3n) is 2.10. The maximum absolute atomic E-state index is 12.2. The molecule has 0 spiro atoms. The summed E-state index contributed by atoms with van der Waals surface area (Å²) in [5, 5.41) is 1.99. The molecule has 1 aromatic carbocycles. The second kappa shape index (κ2) is 5.65. The molecule has 1 unspecified atom stereocenters. The SMILES string of the molecule is Nc1ccc(S(=O)Cc2cc(Br)cs2)c(Br)c1. The van der Waals surface area contributed by atoms with Gasteiger partial charge in [-0.1, -0.05) is 0 Å². The first-order valence-electron chi connectivity index (χ1n) is 4.72. The van der Waals surface area contributed by atoms with Crippen molar-refractivity contribution in [1.29, 1.82) is 0 Å². The zero-order valence-corrected chi connectivity index (χ0v) is 13.5. The predicted molar refractivity (Wildman–Crippen MR) is 80.7 cm³/mol. The molecule has 0 aliphatic rings. The van der Waals surface area contributed by atoms with Gasteiger partial charge in [-0.2, -0.15) is 0 Å². The molecule has 17 heavy (non-hydrogen) atoms. The predicted octanol–water partition coefficient (Wildman–Crippen LogP) is 4.16. The van der Waals surface area contributed by atoms with Crippen molar-refractivity contribution in [2.45, 2.75) is 10.6 Å². The molecule has 2 N–H and O–H groups in total. The zero-order chi connectivity index (χ0) is 12.4. The quantitative estimate of drug-likeness (QED) is 0.794. The third-order valence-corrected chi connectivity index (χ3v) is 6.31. The van der Waals surface area contributed by atoms with Gasteiger partial charge >= 0.3 is 0 Å². The molecule has 2 rings (SSSR count). The summed E-state index contributed by atoms with van der Waals surface area (Å²) in [7, 11) is -1.05. The number of halogens is 2. The summed E-state index contributed by atoms with van der Waals surface area (Å²) < 4.78 is 14.0. The zero-order valence-electron chi connectivity index (χ0n) is 8.65. The topological polar surface area (TPSA) is 43.1 Å². The number of nitrogen functional groups attached to an aromatic ring is 1. The van der Waals surface area contributed by atoms with Crippen molar-refractivity contribution in [3.05, 3.63) is 43.5 Å². The van der Waals surface area contributed by atoms with Gasteiger partial charge in [0.1, 0.15) is 0 Å². The molecular weight excluding hydrogens is 386 g/mol. The van der Waals surface area contributed by atoms with Crippen molar-refractivity contribution in [2.24, 2.45) is 0 Å². The maximum atomic E-state index is 12.2. The molecule has 0 aliphatic heterocycles. The monoisotopic (exact) mass is 393 g/mol. The van der Waals surface area contributed by atoms with Crippen LogP contribution >= 0.6 is 43.2 Å². The number of nitrogens with two attached hydrogens (primary N) is 1. The Hall–Kier alpha value is -0.170. The van der Waals surface area contributed by atoms with E-state index in [1.165, 1.54) is 0 Å². The van der Waals surface area contributed by atoms with Crippen LogP contribution in [0.15, 0.2) is 43.5 Å². The lowest BCUT2D eigenvalue weighted by atomic mass is 10.3. The number of thiophene rings is 1. The molecule has 0 bridgehead atoms. The van der Waals surface area contributed by atoms with Crippen LogP contribution in [-0.4, -0.2) is 4.21 Å². The van der Waals surface area contributed by atoms with Gasteiger partial charge in [0, 0.05) is 24.9 Å². The molecule has 90 valence electrons. The van der Waals surface area contributed by atoms with Gasteiger partial charge in [-0.25, -0.2) is 0 Å². The van der Waals surface area contributed by atoms with Gasteiger partial charge in [-0.05, 0) is 56.1 Å². The molecule has 1 heterocycles. The van der Waals surface area contributed by atoms with E-state index in [4.69, 9.17) is 5.73 Å². The largest absolute Gasteiger partial charge is 0.399 e. The fourth-order valence-corrected chi connectivity index (χ4v) is 5.10. The van der Waals surface area contributed by atoms with Crippen LogP contribution in [0.25, 0.3) is 0 Å². The maximum Gasteiger partial charge on any atom is 0.0627 e. The van der Waals surface area contributed by atoms with Crippen LogP contribution in [0.5, 0.6) is 0 Å². The molecular formula is C11H9Br2NOS2. The van der Waals surface area contributed by atoms with E-state index >= 15 is 0 Å². The van der Waals surface area contributed by atoms with Crippen LogP contribution < -0.4 is 5.73 Å². The first-order chi connectivity index (χ1) is 8.06. The van der Waals surface area contributed by atoms with E-state index in [-0.39, 0.29) is 0 Å². The first-order valence-corrected chi connectivity index (χ1v) is 8.51. The van der Waals surface area contributed by atoms with Crippen molar-refractivity contribution in [1.82, 2.24) is 0 Å². The highest BCUT2D eigenvalue weighted by molar-refractivity contribution is 9.10. The molecule has 0 aliphatic carbocycles. The average Bonchev–Trinajstić information content (AvgIpc) is 2.63. The Labute approximate surface area is 123 Å². The Morgan fingerprint density at radius 1 is 1.29 bits per heavy atom. The summed E-state index contributed by atoms with van der Waals surface area (Å²) in [5.41, 5.74) is 6.31. The highest BCUT2D eigenvalue weighted by atomic mass is 79.9. The molecule has 1 atom stereocenters. The normalized spacial score (nSPS) is 12.6. The summed E-state index contributed by atoms with van der Waals surface area (Å²) in [6.07, 6.45) is 0. The minimum atomic E-state index is -1.05. The Morgan fingerprint density at radius 3 is 2.65 bits per heavy atom. The Kier molecular flexibility index (Phi) is 4.41. The van der Waals surface area contributed by atoms with E-state index < -0.39 is 10.8 Å². The van der Waals surface area contributed by atoms with Gasteiger partial charge in [0.15, 0.2) is 0 Å². The Bertz CT molecular complexity index is 568.